The Morgan fingerprint density at radius 1 is 1.20 bits per heavy atom. The van der Waals surface area contributed by atoms with Gasteiger partial charge in [-0.05, 0) is 37.1 Å². The van der Waals surface area contributed by atoms with E-state index in [0.717, 1.165) is 25.9 Å². The van der Waals surface area contributed by atoms with E-state index in [2.05, 4.69) is 32.8 Å². The molecule has 0 atom stereocenters. The lowest BCUT2D eigenvalue weighted by Gasteiger charge is -2.11. The van der Waals surface area contributed by atoms with E-state index in [4.69, 9.17) is 10.2 Å². The van der Waals surface area contributed by atoms with E-state index in [9.17, 15) is 17.2 Å². The number of oxazole rings is 1. The van der Waals surface area contributed by atoms with Crippen molar-refractivity contribution in [2.45, 2.75) is 12.8 Å². The molecule has 0 unspecified atom stereocenters. The summed E-state index contributed by atoms with van der Waals surface area (Å²) >= 11 is 0. The Hall–Kier alpha value is -4.06. The number of nitrogens with two attached hydrogens (primary N) is 1. The molecule has 3 N–H and O–H groups in total. The zero-order valence-corrected chi connectivity index (χ0v) is 19.4. The highest BCUT2D eigenvalue weighted by Gasteiger charge is 2.27. The molecule has 3 heterocycles. The van der Waals surface area contributed by atoms with E-state index in [1.54, 1.807) is 18.2 Å². The van der Waals surface area contributed by atoms with Crippen LogP contribution in [-0.2, 0) is 10.0 Å². The second-order valence-corrected chi connectivity index (χ2v) is 9.26. The summed E-state index contributed by atoms with van der Waals surface area (Å²) in [5.41, 5.74) is 7.03. The lowest BCUT2D eigenvalue weighted by molar-refractivity contribution is 0.558. The fraction of sp³-hybridized carbons (Fsp3) is 0.174. The summed E-state index contributed by atoms with van der Waals surface area (Å²) in [6.07, 6.45) is 4.07. The monoisotopic (exact) mass is 500 g/mol. The first kappa shape index (κ1) is 24.1. The first-order valence-corrected chi connectivity index (χ1v) is 12.0. The van der Waals surface area contributed by atoms with Crippen molar-refractivity contribution in [2.75, 3.05) is 28.4 Å². The molecule has 0 amide bonds. The number of allylic oxidation sites excluding steroid dienone is 3. The third-order valence-electron chi connectivity index (χ3n) is 5.20. The van der Waals surface area contributed by atoms with E-state index < -0.39 is 26.6 Å². The van der Waals surface area contributed by atoms with Crippen molar-refractivity contribution >= 4 is 27.7 Å². The Labute approximate surface area is 200 Å². The van der Waals surface area contributed by atoms with Crippen LogP contribution in [0.2, 0.25) is 0 Å². The van der Waals surface area contributed by atoms with Crippen molar-refractivity contribution in [3.05, 3.63) is 72.3 Å². The number of nitrogens with zero attached hydrogens (tertiary/aromatic N) is 4. The number of rotatable bonds is 8. The molecule has 1 saturated heterocycles. The zero-order valence-electron chi connectivity index (χ0n) is 18.5. The van der Waals surface area contributed by atoms with E-state index in [-0.39, 0.29) is 11.6 Å². The maximum Gasteiger partial charge on any atom is 0.298 e. The maximum atomic E-state index is 14.0. The van der Waals surface area contributed by atoms with Crippen LogP contribution in [0.25, 0.3) is 22.7 Å². The number of sulfonamides is 1. The summed E-state index contributed by atoms with van der Waals surface area (Å²) < 4.78 is 61.3. The number of hydrogen-bond acceptors (Lipinski definition) is 8. The van der Waals surface area contributed by atoms with Crippen molar-refractivity contribution < 1.29 is 21.6 Å². The summed E-state index contributed by atoms with van der Waals surface area (Å²) in [5.74, 6) is -2.46. The minimum atomic E-state index is -4.64. The molecule has 0 spiro atoms. The van der Waals surface area contributed by atoms with Gasteiger partial charge in [0.2, 0.25) is 5.95 Å². The van der Waals surface area contributed by atoms with Crippen molar-refractivity contribution in [3.63, 3.8) is 0 Å². The van der Waals surface area contributed by atoms with Gasteiger partial charge >= 0.3 is 0 Å². The lowest BCUT2D eigenvalue weighted by atomic mass is 10.1. The number of nitrogens with one attached hydrogen (secondary N) is 1. The molecule has 1 fully saturated rings. The van der Waals surface area contributed by atoms with Gasteiger partial charge in [0.25, 0.3) is 16.0 Å². The lowest BCUT2D eigenvalue weighted by Crippen LogP contribution is -2.17. The number of hydrogen-bond donors (Lipinski definition) is 2. The molecule has 0 radical (unpaired) electrons. The highest BCUT2D eigenvalue weighted by molar-refractivity contribution is 7.96. The molecule has 3 aromatic rings. The van der Waals surface area contributed by atoms with Gasteiger partial charge in [-0.2, -0.15) is 4.98 Å². The van der Waals surface area contributed by atoms with E-state index >= 15 is 0 Å². The van der Waals surface area contributed by atoms with Gasteiger partial charge in [-0.25, -0.2) is 27.2 Å². The molecular formula is C23H22F2N6O3S. The molecule has 2 aromatic heterocycles. The first-order chi connectivity index (χ1) is 16.7. The van der Waals surface area contributed by atoms with Gasteiger partial charge in [-0.3, -0.25) is 4.72 Å². The number of benzene rings is 1. The molecule has 1 aliphatic heterocycles. The normalized spacial score (nSPS) is 14.5. The zero-order chi connectivity index (χ0) is 25.2. The van der Waals surface area contributed by atoms with Crippen molar-refractivity contribution in [3.8, 4) is 22.7 Å². The van der Waals surface area contributed by atoms with Crippen LogP contribution in [0.4, 0.5) is 26.4 Å². The Kier molecular flexibility index (Phi) is 6.65. The minimum absolute atomic E-state index is 0.0389. The summed E-state index contributed by atoms with van der Waals surface area (Å²) in [6.45, 7) is 7.61. The Bertz CT molecular complexity index is 1430. The summed E-state index contributed by atoms with van der Waals surface area (Å²) in [5, 5.41) is 0. The van der Waals surface area contributed by atoms with Gasteiger partial charge in [0.15, 0.2) is 10.7 Å². The second-order valence-electron chi connectivity index (χ2n) is 7.64. The number of nitrogen functional groups attached to an aromatic ring is 1. The van der Waals surface area contributed by atoms with Gasteiger partial charge in [0.1, 0.15) is 23.0 Å². The van der Waals surface area contributed by atoms with Crippen molar-refractivity contribution in [1.82, 2.24) is 15.0 Å². The summed E-state index contributed by atoms with van der Waals surface area (Å²) in [6, 6.07) is 8.14. The SMILES string of the molecule is C=C/C(F)=C(\C(=C)F)S(=O)(=O)Nc1cccc(-c2nc(N3CCCC3)oc2-c2ccnc(N)n2)c1. The molecule has 12 heteroatoms. The van der Waals surface area contributed by atoms with Crippen LogP contribution < -0.4 is 15.4 Å². The molecule has 4 rings (SSSR count). The summed E-state index contributed by atoms with van der Waals surface area (Å²) in [7, 11) is -4.64. The molecule has 0 saturated carbocycles. The topological polar surface area (TPSA) is 127 Å². The Morgan fingerprint density at radius 3 is 2.60 bits per heavy atom. The average Bonchev–Trinajstić information content (AvgIpc) is 3.48. The minimum Gasteiger partial charge on any atom is -0.421 e. The molecule has 35 heavy (non-hydrogen) atoms. The molecule has 1 aliphatic rings. The molecule has 9 nitrogen and oxygen atoms in total. The van der Waals surface area contributed by atoms with Crippen LogP contribution in [0.3, 0.4) is 0 Å². The fourth-order valence-corrected chi connectivity index (χ4v) is 4.83. The standard InChI is InChI=1S/C23H22F2N6O3S/c1-3-17(25)21(14(2)24)35(32,33)30-16-8-6-7-15(13-16)19-20(18-9-10-27-22(26)28-18)34-23(29-19)31-11-4-5-12-31/h3,6-10,13,30H,1-2,4-5,11-12H2,(H2,26,27,28)/b21-17-. The van der Waals surface area contributed by atoms with Gasteiger partial charge < -0.3 is 15.1 Å². The third kappa shape index (κ3) is 5.06. The highest BCUT2D eigenvalue weighted by Crippen LogP contribution is 2.37. The molecule has 182 valence electrons. The third-order valence-corrected chi connectivity index (χ3v) is 6.66. The molecule has 0 aliphatic carbocycles. The number of halogens is 2. The van der Waals surface area contributed by atoms with Crippen LogP contribution in [-0.4, -0.2) is 36.5 Å². The second kappa shape index (κ2) is 9.66. The fourth-order valence-electron chi connectivity index (χ4n) is 3.65. The van der Waals surface area contributed by atoms with Gasteiger partial charge in [-0.15, -0.1) is 0 Å². The highest BCUT2D eigenvalue weighted by atomic mass is 32.2. The largest absolute Gasteiger partial charge is 0.421 e. The van der Waals surface area contributed by atoms with Crippen LogP contribution >= 0.6 is 0 Å². The Balaban J connectivity index is 1.77. The van der Waals surface area contributed by atoms with E-state index in [1.807, 2.05) is 4.90 Å². The smallest absolute Gasteiger partial charge is 0.298 e. The van der Waals surface area contributed by atoms with Gasteiger partial charge in [0, 0.05) is 30.5 Å². The number of anilines is 3. The van der Waals surface area contributed by atoms with Gasteiger partial charge in [-0.1, -0.05) is 25.3 Å². The van der Waals surface area contributed by atoms with Crippen LogP contribution in [0, 0.1) is 0 Å². The van der Waals surface area contributed by atoms with Crippen molar-refractivity contribution in [2.24, 2.45) is 0 Å². The molecule has 0 bridgehead atoms. The van der Waals surface area contributed by atoms with Crippen LogP contribution in [0.5, 0.6) is 0 Å². The number of aromatic nitrogens is 3. The van der Waals surface area contributed by atoms with E-state index in [0.29, 0.717) is 34.8 Å². The summed E-state index contributed by atoms with van der Waals surface area (Å²) in [4.78, 5) is 13.5. The predicted octanol–water partition coefficient (Wildman–Crippen LogP) is 4.57. The van der Waals surface area contributed by atoms with E-state index in [1.165, 1.54) is 18.3 Å². The molecular weight excluding hydrogens is 478 g/mol. The van der Waals surface area contributed by atoms with Crippen LogP contribution in [0.1, 0.15) is 12.8 Å². The predicted molar refractivity (Wildman–Crippen MR) is 130 cm³/mol. The first-order valence-electron chi connectivity index (χ1n) is 10.5. The molecule has 1 aromatic carbocycles. The average molecular weight is 501 g/mol. The maximum absolute atomic E-state index is 14.0. The van der Waals surface area contributed by atoms with Gasteiger partial charge in [0.05, 0.1) is 0 Å². The quantitative estimate of drug-likeness (QED) is 0.431. The van der Waals surface area contributed by atoms with Crippen LogP contribution in [0.15, 0.2) is 76.7 Å². The van der Waals surface area contributed by atoms with Crippen molar-refractivity contribution in [1.29, 1.82) is 0 Å². The Morgan fingerprint density at radius 2 is 1.94 bits per heavy atom.